The second-order valence-electron chi connectivity index (χ2n) is 8.94. The average Bonchev–Trinajstić information content (AvgIpc) is 3.14. The first-order valence-electron chi connectivity index (χ1n) is 11.1. The standard InChI is InChI=1S/C26H28N4O3S2/c1-26(2)30(20-8-6-7-18(15-20)24(27)28)22(16-34-26)25(31)29-19-13-11-17(12-14-19)21-9-4-5-10-23(21)35(3,32)33/h4-15,22H,16H2,1-3H3,(H3,27,28)(H,29,31). The van der Waals surface area contributed by atoms with Crippen molar-refractivity contribution < 1.29 is 13.2 Å². The summed E-state index contributed by atoms with van der Waals surface area (Å²) in [4.78, 5) is 15.3. The lowest BCUT2D eigenvalue weighted by Gasteiger charge is -2.36. The summed E-state index contributed by atoms with van der Waals surface area (Å²) in [6.07, 6.45) is 1.19. The Morgan fingerprint density at radius 1 is 1.09 bits per heavy atom. The molecule has 1 fully saturated rings. The van der Waals surface area contributed by atoms with Crippen LogP contribution in [0.1, 0.15) is 19.4 Å². The van der Waals surface area contributed by atoms with Gasteiger partial charge in [-0.15, -0.1) is 11.8 Å². The van der Waals surface area contributed by atoms with Gasteiger partial charge in [0.1, 0.15) is 11.9 Å². The summed E-state index contributed by atoms with van der Waals surface area (Å²) in [7, 11) is -3.37. The molecule has 3 aromatic rings. The monoisotopic (exact) mass is 508 g/mol. The normalized spacial score (nSPS) is 17.2. The zero-order valence-corrected chi connectivity index (χ0v) is 21.4. The lowest BCUT2D eigenvalue weighted by molar-refractivity contribution is -0.117. The minimum Gasteiger partial charge on any atom is -0.384 e. The van der Waals surface area contributed by atoms with E-state index in [1.165, 1.54) is 6.26 Å². The van der Waals surface area contributed by atoms with Crippen LogP contribution in [0.15, 0.2) is 77.7 Å². The van der Waals surface area contributed by atoms with Crippen molar-refractivity contribution >= 4 is 44.7 Å². The quantitative estimate of drug-likeness (QED) is 0.337. The van der Waals surface area contributed by atoms with Crippen molar-refractivity contribution in [1.82, 2.24) is 0 Å². The van der Waals surface area contributed by atoms with Gasteiger partial charge < -0.3 is 16.0 Å². The SMILES string of the molecule is CC1(C)SCC(C(=O)Nc2ccc(-c3ccccc3S(C)(=O)=O)cc2)N1c1cccc(C(=N)N)c1. The topological polar surface area (TPSA) is 116 Å². The van der Waals surface area contributed by atoms with E-state index >= 15 is 0 Å². The third-order valence-electron chi connectivity index (χ3n) is 5.97. The number of thioether (sulfide) groups is 1. The molecule has 1 unspecified atom stereocenters. The molecule has 3 aromatic carbocycles. The Morgan fingerprint density at radius 3 is 2.43 bits per heavy atom. The molecule has 35 heavy (non-hydrogen) atoms. The van der Waals surface area contributed by atoms with E-state index in [2.05, 4.69) is 24.1 Å². The number of hydrogen-bond donors (Lipinski definition) is 3. The summed E-state index contributed by atoms with van der Waals surface area (Å²) in [6.45, 7) is 4.14. The highest BCUT2D eigenvalue weighted by molar-refractivity contribution is 8.01. The summed E-state index contributed by atoms with van der Waals surface area (Å²) >= 11 is 1.69. The van der Waals surface area contributed by atoms with Gasteiger partial charge in [0.2, 0.25) is 5.91 Å². The molecule has 0 aliphatic carbocycles. The van der Waals surface area contributed by atoms with Gasteiger partial charge in [0.25, 0.3) is 0 Å². The van der Waals surface area contributed by atoms with Crippen LogP contribution in [-0.2, 0) is 14.6 Å². The van der Waals surface area contributed by atoms with E-state index in [0.717, 1.165) is 11.3 Å². The number of carbonyl (C=O) groups excluding carboxylic acids is 1. The zero-order chi connectivity index (χ0) is 25.4. The maximum absolute atomic E-state index is 13.3. The molecule has 0 saturated carbocycles. The van der Waals surface area contributed by atoms with E-state index in [0.29, 0.717) is 22.6 Å². The minimum absolute atomic E-state index is 0.0185. The number of sulfone groups is 1. The summed E-state index contributed by atoms with van der Waals surface area (Å²) in [5.74, 6) is 0.457. The van der Waals surface area contributed by atoms with E-state index in [1.807, 2.05) is 18.2 Å². The predicted molar refractivity (Wildman–Crippen MR) is 144 cm³/mol. The number of carbonyl (C=O) groups is 1. The van der Waals surface area contributed by atoms with Gasteiger partial charge in [-0.1, -0.05) is 42.5 Å². The fourth-order valence-corrected chi connectivity index (χ4v) is 6.45. The predicted octanol–water partition coefficient (Wildman–Crippen LogP) is 4.34. The first kappa shape index (κ1) is 24.8. The summed E-state index contributed by atoms with van der Waals surface area (Å²) in [5.41, 5.74) is 9.13. The van der Waals surface area contributed by atoms with Gasteiger partial charge >= 0.3 is 0 Å². The average molecular weight is 509 g/mol. The second-order valence-corrected chi connectivity index (χ2v) is 12.5. The van der Waals surface area contributed by atoms with Crippen LogP contribution in [0.3, 0.4) is 0 Å². The Bertz CT molecular complexity index is 1390. The van der Waals surface area contributed by atoms with Gasteiger partial charge in [-0.2, -0.15) is 0 Å². The lowest BCUT2D eigenvalue weighted by Crippen LogP contribution is -2.48. The molecule has 7 nitrogen and oxygen atoms in total. The van der Waals surface area contributed by atoms with Crippen molar-refractivity contribution in [2.75, 3.05) is 22.2 Å². The van der Waals surface area contributed by atoms with Crippen LogP contribution in [-0.4, -0.2) is 43.1 Å². The number of nitrogens with two attached hydrogens (primary N) is 1. The number of nitrogen functional groups attached to an aromatic ring is 1. The maximum Gasteiger partial charge on any atom is 0.247 e. The molecule has 1 amide bonds. The number of anilines is 2. The molecular weight excluding hydrogens is 480 g/mol. The van der Waals surface area contributed by atoms with Crippen molar-refractivity contribution in [3.8, 4) is 11.1 Å². The van der Waals surface area contributed by atoms with Crippen LogP contribution >= 0.6 is 11.8 Å². The number of hydrogen-bond acceptors (Lipinski definition) is 6. The third-order valence-corrected chi connectivity index (χ3v) is 8.51. The molecule has 1 aliphatic rings. The molecule has 0 bridgehead atoms. The van der Waals surface area contributed by atoms with Crippen molar-refractivity contribution in [2.45, 2.75) is 29.7 Å². The molecule has 1 heterocycles. The molecule has 9 heteroatoms. The first-order valence-corrected chi connectivity index (χ1v) is 13.9. The Hall–Kier alpha value is -3.30. The van der Waals surface area contributed by atoms with Crippen LogP contribution < -0.4 is 16.0 Å². The third kappa shape index (κ3) is 5.21. The number of rotatable bonds is 6. The van der Waals surface area contributed by atoms with E-state index in [-0.39, 0.29) is 21.5 Å². The largest absolute Gasteiger partial charge is 0.384 e. The number of amidine groups is 1. The Kier molecular flexibility index (Phi) is 6.66. The van der Waals surface area contributed by atoms with E-state index in [4.69, 9.17) is 11.1 Å². The maximum atomic E-state index is 13.3. The van der Waals surface area contributed by atoms with Gasteiger partial charge in [0.15, 0.2) is 9.84 Å². The van der Waals surface area contributed by atoms with E-state index in [1.54, 1.807) is 66.4 Å². The number of benzene rings is 3. The van der Waals surface area contributed by atoms with Crippen molar-refractivity contribution in [2.24, 2.45) is 5.73 Å². The fraction of sp³-hybridized carbons (Fsp3) is 0.231. The van der Waals surface area contributed by atoms with Crippen LogP contribution in [0.5, 0.6) is 0 Å². The Balaban J connectivity index is 1.57. The first-order chi connectivity index (χ1) is 16.5. The van der Waals surface area contributed by atoms with Gasteiger partial charge in [0, 0.05) is 34.5 Å². The number of amides is 1. The highest BCUT2D eigenvalue weighted by Crippen LogP contribution is 2.42. The van der Waals surface area contributed by atoms with Gasteiger partial charge in [-0.05, 0) is 49.7 Å². The smallest absolute Gasteiger partial charge is 0.247 e. The van der Waals surface area contributed by atoms with Gasteiger partial charge in [0.05, 0.1) is 9.77 Å². The van der Waals surface area contributed by atoms with Crippen molar-refractivity contribution in [1.29, 1.82) is 5.41 Å². The van der Waals surface area contributed by atoms with Gasteiger partial charge in [-0.25, -0.2) is 8.42 Å². The fourth-order valence-electron chi connectivity index (χ4n) is 4.30. The van der Waals surface area contributed by atoms with Crippen molar-refractivity contribution in [3.05, 3.63) is 78.4 Å². The van der Waals surface area contributed by atoms with Crippen LogP contribution in [0, 0.1) is 5.41 Å². The van der Waals surface area contributed by atoms with Crippen LogP contribution in [0.25, 0.3) is 11.1 Å². The Labute approximate surface area is 210 Å². The molecule has 4 rings (SSSR count). The molecule has 1 saturated heterocycles. The highest BCUT2D eigenvalue weighted by atomic mass is 32.2. The zero-order valence-electron chi connectivity index (χ0n) is 19.8. The lowest BCUT2D eigenvalue weighted by atomic mass is 10.1. The number of nitrogens with zero attached hydrogens (tertiary/aromatic N) is 1. The van der Waals surface area contributed by atoms with Crippen molar-refractivity contribution in [3.63, 3.8) is 0 Å². The molecule has 182 valence electrons. The number of nitrogens with one attached hydrogen (secondary N) is 2. The molecule has 1 aliphatic heterocycles. The molecule has 1 atom stereocenters. The van der Waals surface area contributed by atoms with Crippen LogP contribution in [0.2, 0.25) is 0 Å². The van der Waals surface area contributed by atoms with Crippen LogP contribution in [0.4, 0.5) is 11.4 Å². The molecule has 0 spiro atoms. The van der Waals surface area contributed by atoms with E-state index in [9.17, 15) is 13.2 Å². The molecule has 0 radical (unpaired) electrons. The van der Waals surface area contributed by atoms with E-state index < -0.39 is 15.9 Å². The summed E-state index contributed by atoms with van der Waals surface area (Å²) in [5, 5.41) is 10.8. The van der Waals surface area contributed by atoms with Gasteiger partial charge in [-0.3, -0.25) is 10.2 Å². The Morgan fingerprint density at radius 2 is 1.77 bits per heavy atom. The molecule has 0 aromatic heterocycles. The minimum atomic E-state index is -3.37. The highest BCUT2D eigenvalue weighted by Gasteiger charge is 2.43. The molecular formula is C26H28N4O3S2. The second kappa shape index (κ2) is 9.39. The molecule has 4 N–H and O–H groups in total. The summed E-state index contributed by atoms with van der Waals surface area (Å²) in [6, 6.07) is 21.0. The summed E-state index contributed by atoms with van der Waals surface area (Å²) < 4.78 is 24.3.